The molecule has 0 aliphatic carbocycles. The summed E-state index contributed by atoms with van der Waals surface area (Å²) in [4.78, 5) is 32.8. The molecule has 48 heavy (non-hydrogen) atoms. The quantitative estimate of drug-likeness (QED) is 0.186. The second-order valence-corrected chi connectivity index (χ2v) is 14.3. The molecule has 0 saturated carbocycles. The third kappa shape index (κ3) is 6.63. The number of carbonyl (C=O) groups excluding carboxylic acids is 2. The van der Waals surface area contributed by atoms with Gasteiger partial charge in [0.25, 0.3) is 5.91 Å². The number of benzene rings is 3. The third-order valence-corrected chi connectivity index (χ3v) is 9.65. The first-order valence-electron chi connectivity index (χ1n) is 16.8. The fourth-order valence-electron chi connectivity index (χ4n) is 7.13. The smallest absolute Gasteiger partial charge is 0.324 e. The van der Waals surface area contributed by atoms with E-state index in [0.717, 1.165) is 65.9 Å². The molecule has 3 amide bonds. The van der Waals surface area contributed by atoms with Gasteiger partial charge < -0.3 is 14.6 Å². The van der Waals surface area contributed by atoms with Gasteiger partial charge in [-0.15, -0.1) is 0 Å². The van der Waals surface area contributed by atoms with Crippen molar-refractivity contribution >= 4 is 23.4 Å². The highest BCUT2D eigenvalue weighted by atomic mass is 16.3. The van der Waals surface area contributed by atoms with E-state index in [4.69, 9.17) is 9.52 Å². The van der Waals surface area contributed by atoms with Crippen LogP contribution in [0.1, 0.15) is 73.6 Å². The highest BCUT2D eigenvalue weighted by Crippen LogP contribution is 2.41. The van der Waals surface area contributed by atoms with Gasteiger partial charge in [0, 0.05) is 40.4 Å². The maximum absolute atomic E-state index is 13.6. The van der Waals surface area contributed by atoms with Crippen molar-refractivity contribution < 1.29 is 14.0 Å². The molecule has 2 fully saturated rings. The van der Waals surface area contributed by atoms with Crippen LogP contribution in [0.2, 0.25) is 0 Å². The largest absolute Gasteiger partial charge is 0.444 e. The van der Waals surface area contributed by atoms with Gasteiger partial charge in [0.15, 0.2) is 12.2 Å². The molecule has 2 aliphatic rings. The SMILES string of the molecule is Cc1ccc(-n2nc(C(C)(C)C)cc2NC(=O)Nc2ccc(CC3CC4CCC(C3)N4C(=O)c3ccc(-c4cnco4)cc3)cc2)cc1. The number of fused-ring (bicyclic) bond motifs is 2. The van der Waals surface area contributed by atoms with Crippen LogP contribution in [0.3, 0.4) is 0 Å². The summed E-state index contributed by atoms with van der Waals surface area (Å²) in [5, 5.41) is 10.8. The van der Waals surface area contributed by atoms with E-state index in [-0.39, 0.29) is 29.4 Å². The topological polar surface area (TPSA) is 105 Å². The highest BCUT2D eigenvalue weighted by Gasteiger charge is 2.43. The normalized spacial score (nSPS) is 18.9. The number of anilines is 2. The molecule has 2 N–H and O–H groups in total. The summed E-state index contributed by atoms with van der Waals surface area (Å²) >= 11 is 0. The Balaban J connectivity index is 0.955. The molecule has 9 nitrogen and oxygen atoms in total. The average molecular weight is 643 g/mol. The molecule has 2 aromatic heterocycles. The van der Waals surface area contributed by atoms with Crippen LogP contribution < -0.4 is 10.6 Å². The van der Waals surface area contributed by atoms with Crippen molar-refractivity contribution in [3.05, 3.63) is 114 Å². The molecule has 2 unspecified atom stereocenters. The second-order valence-electron chi connectivity index (χ2n) is 14.3. The number of oxazole rings is 1. The highest BCUT2D eigenvalue weighted by molar-refractivity contribution is 5.99. The summed E-state index contributed by atoms with van der Waals surface area (Å²) in [5.41, 5.74) is 6.36. The van der Waals surface area contributed by atoms with Crippen LogP contribution in [0.25, 0.3) is 17.0 Å². The maximum Gasteiger partial charge on any atom is 0.324 e. The second kappa shape index (κ2) is 12.8. The zero-order chi connectivity index (χ0) is 33.4. The van der Waals surface area contributed by atoms with E-state index in [1.54, 1.807) is 10.9 Å². The fourth-order valence-corrected chi connectivity index (χ4v) is 7.13. The number of nitrogens with one attached hydrogen (secondary N) is 2. The molecule has 3 aromatic carbocycles. The Morgan fingerprint density at radius 1 is 0.896 bits per heavy atom. The van der Waals surface area contributed by atoms with Gasteiger partial charge >= 0.3 is 6.03 Å². The lowest BCUT2D eigenvalue weighted by Crippen LogP contribution is -2.46. The molecule has 0 spiro atoms. The Kier molecular flexibility index (Phi) is 8.37. The Morgan fingerprint density at radius 2 is 1.58 bits per heavy atom. The lowest BCUT2D eigenvalue weighted by molar-refractivity contribution is 0.0524. The van der Waals surface area contributed by atoms with Gasteiger partial charge in [-0.05, 0) is 86.9 Å². The van der Waals surface area contributed by atoms with Crippen molar-refractivity contribution in [3.8, 4) is 17.0 Å². The molecule has 2 saturated heterocycles. The van der Waals surface area contributed by atoms with Crippen LogP contribution in [0.4, 0.5) is 16.3 Å². The van der Waals surface area contributed by atoms with E-state index in [0.29, 0.717) is 17.5 Å². The maximum atomic E-state index is 13.6. The van der Waals surface area contributed by atoms with Crippen LogP contribution in [-0.4, -0.2) is 43.7 Å². The molecule has 5 aromatic rings. The average Bonchev–Trinajstić information content (AvgIpc) is 3.81. The predicted molar refractivity (Wildman–Crippen MR) is 187 cm³/mol. The monoisotopic (exact) mass is 642 g/mol. The van der Waals surface area contributed by atoms with Gasteiger partial charge in [-0.3, -0.25) is 10.1 Å². The molecule has 0 radical (unpaired) electrons. The number of urea groups is 1. The lowest BCUT2D eigenvalue weighted by Gasteiger charge is -2.39. The minimum absolute atomic E-state index is 0.121. The van der Waals surface area contributed by atoms with Crippen molar-refractivity contribution in [1.29, 1.82) is 0 Å². The van der Waals surface area contributed by atoms with Gasteiger partial charge in [-0.2, -0.15) is 5.10 Å². The number of rotatable bonds is 7. The summed E-state index contributed by atoms with van der Waals surface area (Å²) < 4.78 is 7.17. The van der Waals surface area contributed by atoms with Crippen LogP contribution in [0.15, 0.2) is 95.9 Å². The number of amides is 3. The van der Waals surface area contributed by atoms with E-state index >= 15 is 0 Å². The number of aromatic nitrogens is 3. The fraction of sp³-hybridized carbons (Fsp3) is 0.333. The zero-order valence-corrected chi connectivity index (χ0v) is 27.9. The van der Waals surface area contributed by atoms with Crippen LogP contribution in [0, 0.1) is 12.8 Å². The Morgan fingerprint density at radius 3 is 2.21 bits per heavy atom. The number of carbonyl (C=O) groups is 2. The molecule has 7 rings (SSSR count). The first kappa shape index (κ1) is 31.4. The Hall–Kier alpha value is -5.18. The minimum Gasteiger partial charge on any atom is -0.444 e. The molecule has 4 heterocycles. The van der Waals surface area contributed by atoms with Gasteiger partial charge in [-0.1, -0.05) is 62.7 Å². The van der Waals surface area contributed by atoms with Crippen molar-refractivity contribution in [2.75, 3.05) is 10.6 Å². The zero-order valence-electron chi connectivity index (χ0n) is 27.9. The molecular formula is C39H42N6O3. The van der Waals surface area contributed by atoms with E-state index in [1.165, 1.54) is 12.0 Å². The van der Waals surface area contributed by atoms with E-state index < -0.39 is 0 Å². The first-order chi connectivity index (χ1) is 23.1. The van der Waals surface area contributed by atoms with E-state index in [1.807, 2.05) is 73.7 Å². The molecule has 2 atom stereocenters. The van der Waals surface area contributed by atoms with Gasteiger partial charge in [0.1, 0.15) is 5.82 Å². The van der Waals surface area contributed by atoms with Crippen molar-refractivity contribution in [3.63, 3.8) is 0 Å². The Labute approximate surface area is 281 Å². The summed E-state index contributed by atoms with van der Waals surface area (Å²) in [6.07, 6.45) is 8.17. The lowest BCUT2D eigenvalue weighted by atomic mass is 9.85. The Bertz CT molecular complexity index is 1870. The van der Waals surface area contributed by atoms with Crippen molar-refractivity contribution in [1.82, 2.24) is 19.7 Å². The summed E-state index contributed by atoms with van der Waals surface area (Å²) in [6.45, 7) is 8.37. The summed E-state index contributed by atoms with van der Waals surface area (Å²) in [7, 11) is 0. The van der Waals surface area contributed by atoms with E-state index in [9.17, 15) is 9.59 Å². The molecule has 2 bridgehead atoms. The van der Waals surface area contributed by atoms with Crippen LogP contribution >= 0.6 is 0 Å². The van der Waals surface area contributed by atoms with Gasteiger partial charge in [0.2, 0.25) is 0 Å². The number of piperidine rings is 1. The van der Waals surface area contributed by atoms with Gasteiger partial charge in [0.05, 0.1) is 17.6 Å². The van der Waals surface area contributed by atoms with Gasteiger partial charge in [-0.25, -0.2) is 14.5 Å². The molecule has 2 aliphatic heterocycles. The number of hydrogen-bond donors (Lipinski definition) is 2. The standard InChI is InChI=1S/C39H42N6O3/c1-25-5-15-31(16-6-25)45-36(22-35(43-45)39(2,3)4)42-38(47)41-30-13-7-26(8-14-30)19-27-20-32-17-18-33(21-27)44(32)37(46)29-11-9-28(10-12-29)34-23-40-24-48-34/h5-16,22-24,27,32-33H,17-21H2,1-4H3,(H2,41,42,47). The number of hydrogen-bond acceptors (Lipinski definition) is 5. The number of nitrogens with zero attached hydrogens (tertiary/aromatic N) is 4. The molecule has 246 valence electrons. The molecular weight excluding hydrogens is 600 g/mol. The summed E-state index contributed by atoms with van der Waals surface area (Å²) in [6, 6.07) is 26.0. The molecule has 9 heteroatoms. The third-order valence-electron chi connectivity index (χ3n) is 9.65. The predicted octanol–water partition coefficient (Wildman–Crippen LogP) is 8.40. The van der Waals surface area contributed by atoms with Crippen molar-refractivity contribution in [2.24, 2.45) is 5.92 Å². The first-order valence-corrected chi connectivity index (χ1v) is 16.8. The van der Waals surface area contributed by atoms with E-state index in [2.05, 4.69) is 53.4 Å². The number of aryl methyl sites for hydroxylation is 1. The minimum atomic E-state index is -0.322. The van der Waals surface area contributed by atoms with Crippen LogP contribution in [-0.2, 0) is 11.8 Å². The van der Waals surface area contributed by atoms with Crippen LogP contribution in [0.5, 0.6) is 0 Å². The van der Waals surface area contributed by atoms with Crippen molar-refractivity contribution in [2.45, 2.75) is 77.3 Å². The summed E-state index contributed by atoms with van der Waals surface area (Å²) in [5.74, 6) is 1.94.